The highest BCUT2D eigenvalue weighted by molar-refractivity contribution is 7.16. The standard InChI is InChI=1S/C11H15N3S/c1-8-4-3-5-14(7-8)11-13-9(2)10(6-12)15-11/h8H,3-5,7H2,1-2H3. The summed E-state index contributed by atoms with van der Waals surface area (Å²) in [5, 5.41) is 9.91. The highest BCUT2D eigenvalue weighted by Gasteiger charge is 2.20. The predicted molar refractivity (Wildman–Crippen MR) is 62.2 cm³/mol. The van der Waals surface area contributed by atoms with Gasteiger partial charge in [0.1, 0.15) is 10.9 Å². The first kappa shape index (κ1) is 10.4. The Morgan fingerprint density at radius 1 is 1.60 bits per heavy atom. The van der Waals surface area contributed by atoms with Crippen LogP contribution < -0.4 is 4.90 Å². The van der Waals surface area contributed by atoms with E-state index in [4.69, 9.17) is 5.26 Å². The zero-order chi connectivity index (χ0) is 10.8. The minimum absolute atomic E-state index is 0.744. The van der Waals surface area contributed by atoms with Crippen molar-refractivity contribution in [2.75, 3.05) is 18.0 Å². The molecule has 0 spiro atoms. The van der Waals surface area contributed by atoms with Gasteiger partial charge in [0, 0.05) is 13.1 Å². The fourth-order valence-corrected chi connectivity index (χ4v) is 2.88. The van der Waals surface area contributed by atoms with Crippen LogP contribution in [0.5, 0.6) is 0 Å². The zero-order valence-electron chi connectivity index (χ0n) is 9.16. The second kappa shape index (κ2) is 4.19. The highest BCUT2D eigenvalue weighted by atomic mass is 32.1. The Balaban J connectivity index is 2.18. The van der Waals surface area contributed by atoms with Crippen LogP contribution in [0, 0.1) is 24.2 Å². The molecule has 2 heterocycles. The maximum atomic E-state index is 8.88. The molecular weight excluding hydrogens is 206 g/mol. The van der Waals surface area contributed by atoms with Gasteiger partial charge in [0.2, 0.25) is 0 Å². The SMILES string of the molecule is Cc1nc(N2CCCC(C)C2)sc1C#N. The molecule has 3 nitrogen and oxygen atoms in total. The van der Waals surface area contributed by atoms with E-state index >= 15 is 0 Å². The number of hydrogen-bond donors (Lipinski definition) is 0. The average Bonchev–Trinajstić information content (AvgIpc) is 2.60. The van der Waals surface area contributed by atoms with Gasteiger partial charge in [-0.1, -0.05) is 18.3 Å². The van der Waals surface area contributed by atoms with Gasteiger partial charge in [-0.25, -0.2) is 4.98 Å². The third-order valence-corrected chi connectivity index (χ3v) is 3.94. The molecule has 80 valence electrons. The number of nitriles is 1. The van der Waals surface area contributed by atoms with E-state index in [1.807, 2.05) is 6.92 Å². The minimum atomic E-state index is 0.744. The maximum absolute atomic E-state index is 8.88. The summed E-state index contributed by atoms with van der Waals surface area (Å²) in [5.74, 6) is 0.744. The Hall–Kier alpha value is -1.08. The lowest BCUT2D eigenvalue weighted by atomic mass is 10.0. The van der Waals surface area contributed by atoms with Gasteiger partial charge in [0.05, 0.1) is 5.69 Å². The minimum Gasteiger partial charge on any atom is -0.348 e. The Morgan fingerprint density at radius 2 is 2.40 bits per heavy atom. The van der Waals surface area contributed by atoms with Gasteiger partial charge in [0.25, 0.3) is 0 Å². The normalized spacial score (nSPS) is 21.4. The van der Waals surface area contributed by atoms with Crippen molar-refractivity contribution < 1.29 is 0 Å². The quantitative estimate of drug-likeness (QED) is 0.731. The lowest BCUT2D eigenvalue weighted by Gasteiger charge is -2.30. The van der Waals surface area contributed by atoms with Gasteiger partial charge in [0.15, 0.2) is 5.13 Å². The topological polar surface area (TPSA) is 39.9 Å². The van der Waals surface area contributed by atoms with Gasteiger partial charge in [-0.3, -0.25) is 0 Å². The van der Waals surface area contributed by atoms with Gasteiger partial charge in [-0.15, -0.1) is 0 Å². The molecule has 1 unspecified atom stereocenters. The third-order valence-electron chi connectivity index (χ3n) is 2.81. The largest absolute Gasteiger partial charge is 0.348 e. The summed E-state index contributed by atoms with van der Waals surface area (Å²) in [6, 6.07) is 2.20. The van der Waals surface area contributed by atoms with Gasteiger partial charge < -0.3 is 4.90 Å². The van der Waals surface area contributed by atoms with Crippen LogP contribution in [0.1, 0.15) is 30.3 Å². The predicted octanol–water partition coefficient (Wildman–Crippen LogP) is 2.56. The summed E-state index contributed by atoms with van der Waals surface area (Å²) in [7, 11) is 0. The van der Waals surface area contributed by atoms with Crippen LogP contribution in [0.4, 0.5) is 5.13 Å². The molecule has 4 heteroatoms. The Labute approximate surface area is 94.4 Å². The number of aromatic nitrogens is 1. The van der Waals surface area contributed by atoms with Crippen molar-refractivity contribution >= 4 is 16.5 Å². The molecule has 1 aromatic heterocycles. The molecule has 0 saturated carbocycles. The number of piperidine rings is 1. The second-order valence-corrected chi connectivity index (χ2v) is 5.19. The molecule has 0 aromatic carbocycles. The van der Waals surface area contributed by atoms with Crippen molar-refractivity contribution in [2.45, 2.75) is 26.7 Å². The van der Waals surface area contributed by atoms with Gasteiger partial charge in [-0.05, 0) is 25.7 Å². The lowest BCUT2D eigenvalue weighted by Crippen LogP contribution is -2.34. The Bertz CT molecular complexity index is 391. The smallest absolute Gasteiger partial charge is 0.186 e. The molecule has 1 saturated heterocycles. The number of rotatable bonds is 1. The molecule has 15 heavy (non-hydrogen) atoms. The number of aryl methyl sites for hydroxylation is 1. The molecular formula is C11H15N3S. The van der Waals surface area contributed by atoms with E-state index in [2.05, 4.69) is 22.9 Å². The van der Waals surface area contributed by atoms with Crippen molar-refractivity contribution in [1.29, 1.82) is 5.26 Å². The van der Waals surface area contributed by atoms with E-state index in [1.165, 1.54) is 24.2 Å². The van der Waals surface area contributed by atoms with Gasteiger partial charge >= 0.3 is 0 Å². The van der Waals surface area contributed by atoms with E-state index in [-0.39, 0.29) is 0 Å². The van der Waals surface area contributed by atoms with Crippen LogP contribution in [-0.2, 0) is 0 Å². The average molecular weight is 221 g/mol. The third kappa shape index (κ3) is 2.13. The van der Waals surface area contributed by atoms with E-state index in [1.54, 1.807) is 0 Å². The van der Waals surface area contributed by atoms with Crippen LogP contribution >= 0.6 is 11.3 Å². The molecule has 0 aliphatic carbocycles. The monoisotopic (exact) mass is 221 g/mol. The van der Waals surface area contributed by atoms with Gasteiger partial charge in [-0.2, -0.15) is 5.26 Å². The van der Waals surface area contributed by atoms with Crippen LogP contribution in [0.2, 0.25) is 0 Å². The summed E-state index contributed by atoms with van der Waals surface area (Å²) in [6.07, 6.45) is 2.55. The summed E-state index contributed by atoms with van der Waals surface area (Å²) in [5.41, 5.74) is 0.871. The van der Waals surface area contributed by atoms with Crippen molar-refractivity contribution in [3.63, 3.8) is 0 Å². The van der Waals surface area contributed by atoms with E-state index in [9.17, 15) is 0 Å². The zero-order valence-corrected chi connectivity index (χ0v) is 9.97. The van der Waals surface area contributed by atoms with Crippen molar-refractivity contribution in [1.82, 2.24) is 4.98 Å². The molecule has 1 aliphatic heterocycles. The second-order valence-electron chi connectivity index (χ2n) is 4.22. The van der Waals surface area contributed by atoms with Crippen molar-refractivity contribution in [2.24, 2.45) is 5.92 Å². The molecule has 1 fully saturated rings. The first-order valence-corrected chi connectivity index (χ1v) is 6.15. The van der Waals surface area contributed by atoms with Crippen LogP contribution in [0.3, 0.4) is 0 Å². The Kier molecular flexibility index (Phi) is 2.92. The molecule has 0 bridgehead atoms. The first-order valence-electron chi connectivity index (χ1n) is 5.33. The molecule has 0 N–H and O–H groups in total. The Morgan fingerprint density at radius 3 is 3.00 bits per heavy atom. The summed E-state index contributed by atoms with van der Waals surface area (Å²) >= 11 is 1.52. The van der Waals surface area contributed by atoms with Crippen LogP contribution in [0.15, 0.2) is 0 Å². The van der Waals surface area contributed by atoms with Crippen LogP contribution in [-0.4, -0.2) is 18.1 Å². The van der Waals surface area contributed by atoms with E-state index in [0.717, 1.165) is 34.7 Å². The molecule has 1 atom stereocenters. The summed E-state index contributed by atoms with van der Waals surface area (Å²) < 4.78 is 0. The van der Waals surface area contributed by atoms with E-state index < -0.39 is 0 Å². The molecule has 1 aromatic rings. The van der Waals surface area contributed by atoms with Crippen LogP contribution in [0.25, 0.3) is 0 Å². The fourth-order valence-electron chi connectivity index (χ4n) is 1.98. The first-order chi connectivity index (χ1) is 7.20. The highest BCUT2D eigenvalue weighted by Crippen LogP contribution is 2.28. The molecule has 0 radical (unpaired) electrons. The van der Waals surface area contributed by atoms with Crippen molar-refractivity contribution in [3.8, 4) is 6.07 Å². The van der Waals surface area contributed by atoms with Crippen molar-refractivity contribution in [3.05, 3.63) is 10.6 Å². The lowest BCUT2D eigenvalue weighted by molar-refractivity contribution is 0.446. The van der Waals surface area contributed by atoms with E-state index in [0.29, 0.717) is 0 Å². The number of nitrogens with zero attached hydrogens (tertiary/aromatic N) is 3. The molecule has 1 aliphatic rings. The number of anilines is 1. The molecule has 2 rings (SSSR count). The summed E-state index contributed by atoms with van der Waals surface area (Å²) in [4.78, 5) is 7.53. The summed E-state index contributed by atoms with van der Waals surface area (Å²) in [6.45, 7) is 6.35. The number of thiazole rings is 1. The molecule has 0 amide bonds. The fraction of sp³-hybridized carbons (Fsp3) is 0.636. The maximum Gasteiger partial charge on any atom is 0.186 e. The number of hydrogen-bond acceptors (Lipinski definition) is 4.